The minimum absolute atomic E-state index is 0.0595. The molecule has 1 amide bonds. The summed E-state index contributed by atoms with van der Waals surface area (Å²) >= 11 is 0. The lowest BCUT2D eigenvalue weighted by molar-refractivity contribution is -0.151. The summed E-state index contributed by atoms with van der Waals surface area (Å²) < 4.78 is 5.95. The van der Waals surface area contributed by atoms with E-state index in [2.05, 4.69) is 62.5 Å². The van der Waals surface area contributed by atoms with Crippen molar-refractivity contribution in [1.82, 2.24) is 5.32 Å². The van der Waals surface area contributed by atoms with Gasteiger partial charge in [0, 0.05) is 6.42 Å². The van der Waals surface area contributed by atoms with Gasteiger partial charge in [0.15, 0.2) is 0 Å². The molecule has 400 valence electrons. The van der Waals surface area contributed by atoms with Crippen LogP contribution in [0.15, 0.2) is 36.5 Å². The molecule has 0 rings (SSSR count). The predicted octanol–water partition coefficient (Wildman–Crippen LogP) is 18.8. The van der Waals surface area contributed by atoms with Gasteiger partial charge in [0.25, 0.3) is 0 Å². The topological polar surface area (TPSA) is 95.9 Å². The van der Waals surface area contributed by atoms with Gasteiger partial charge in [0.05, 0.1) is 25.2 Å². The highest BCUT2D eigenvalue weighted by molar-refractivity contribution is 5.77. The molecule has 0 fully saturated rings. The van der Waals surface area contributed by atoms with Crippen LogP contribution in [0.3, 0.4) is 0 Å². The Labute approximate surface area is 424 Å². The van der Waals surface area contributed by atoms with Crippen LogP contribution in [0.5, 0.6) is 0 Å². The molecular formula is C62H117NO5. The lowest BCUT2D eigenvalue weighted by Gasteiger charge is -2.24. The number of hydrogen-bond donors (Lipinski definition) is 3. The van der Waals surface area contributed by atoms with Gasteiger partial charge in [-0.3, -0.25) is 9.59 Å². The van der Waals surface area contributed by atoms with E-state index in [1.54, 1.807) is 0 Å². The van der Waals surface area contributed by atoms with Crippen LogP contribution in [0.4, 0.5) is 0 Å². The molecule has 0 aliphatic rings. The number of aliphatic hydroxyl groups excluding tert-OH is 2. The van der Waals surface area contributed by atoms with Gasteiger partial charge in [-0.2, -0.15) is 0 Å². The van der Waals surface area contributed by atoms with Crippen LogP contribution in [0, 0.1) is 0 Å². The maximum absolute atomic E-state index is 13.3. The Balaban J connectivity index is 4.57. The van der Waals surface area contributed by atoms with Crippen molar-refractivity contribution in [3.8, 4) is 0 Å². The molecule has 0 aliphatic heterocycles. The SMILES string of the molecule is CCCCCCCCC/C=C/C=C/CCCCCC(=O)OC(CCCCC/C=C/CCCCCCCCCCC)CC(=O)NC(CO)C(O)CCCCCCCCCCCCCCCCCCC. The molecule has 0 radical (unpaired) electrons. The minimum Gasteiger partial charge on any atom is -0.462 e. The molecule has 0 aliphatic carbocycles. The van der Waals surface area contributed by atoms with Crippen LogP contribution in [0.25, 0.3) is 0 Å². The predicted molar refractivity (Wildman–Crippen MR) is 296 cm³/mol. The monoisotopic (exact) mass is 956 g/mol. The Morgan fingerprint density at radius 2 is 0.750 bits per heavy atom. The standard InChI is InChI=1S/C62H117NO5/c1-4-7-10-13-16-19-22-25-28-31-33-36-39-42-45-48-51-54-60(65)59(57-64)63-61(66)56-58(53-50-47-44-41-38-35-32-29-26-23-20-17-14-11-8-5-2)68-62(67)55-52-49-46-43-40-37-34-30-27-24-21-18-15-12-9-6-3/h30,34-35,37-38,40,58-60,64-65H,4-29,31-33,36,39,41-57H2,1-3H3,(H,63,66)/b34-30+,38-35+,40-37+. The van der Waals surface area contributed by atoms with Crippen molar-refractivity contribution < 1.29 is 24.5 Å². The molecule has 0 heterocycles. The molecule has 3 unspecified atom stereocenters. The molecule has 0 spiro atoms. The number of hydrogen-bond acceptors (Lipinski definition) is 5. The molecule has 0 aromatic carbocycles. The van der Waals surface area contributed by atoms with Crippen LogP contribution in [-0.2, 0) is 14.3 Å². The maximum Gasteiger partial charge on any atom is 0.306 e. The van der Waals surface area contributed by atoms with E-state index < -0.39 is 18.2 Å². The van der Waals surface area contributed by atoms with Crippen LogP contribution in [0.1, 0.15) is 323 Å². The van der Waals surface area contributed by atoms with Gasteiger partial charge in [-0.05, 0) is 77.0 Å². The zero-order valence-corrected chi connectivity index (χ0v) is 45.8. The van der Waals surface area contributed by atoms with Crippen molar-refractivity contribution in [2.45, 2.75) is 341 Å². The number of esters is 1. The van der Waals surface area contributed by atoms with Gasteiger partial charge in [-0.25, -0.2) is 0 Å². The Morgan fingerprint density at radius 3 is 1.15 bits per heavy atom. The van der Waals surface area contributed by atoms with Gasteiger partial charge in [-0.1, -0.05) is 269 Å². The molecule has 3 atom stereocenters. The first-order valence-corrected chi connectivity index (χ1v) is 30.2. The summed E-state index contributed by atoms with van der Waals surface area (Å²) in [6.45, 7) is 6.51. The van der Waals surface area contributed by atoms with Crippen LogP contribution in [-0.4, -0.2) is 46.9 Å². The number of nitrogens with one attached hydrogen (secondary N) is 1. The zero-order valence-electron chi connectivity index (χ0n) is 45.8. The van der Waals surface area contributed by atoms with E-state index in [0.717, 1.165) is 77.0 Å². The molecule has 0 saturated heterocycles. The molecule has 68 heavy (non-hydrogen) atoms. The van der Waals surface area contributed by atoms with Crippen LogP contribution < -0.4 is 5.32 Å². The van der Waals surface area contributed by atoms with Gasteiger partial charge >= 0.3 is 5.97 Å². The summed E-state index contributed by atoms with van der Waals surface area (Å²) in [5.41, 5.74) is 0. The smallest absolute Gasteiger partial charge is 0.306 e. The normalized spacial score (nSPS) is 13.3. The Bertz CT molecular complexity index is 1120. The van der Waals surface area contributed by atoms with E-state index in [1.165, 1.54) is 199 Å². The number of amides is 1. The summed E-state index contributed by atoms with van der Waals surface area (Å²) in [7, 11) is 0. The van der Waals surface area contributed by atoms with Crippen molar-refractivity contribution in [1.29, 1.82) is 0 Å². The average molecular weight is 957 g/mol. The summed E-state index contributed by atoms with van der Waals surface area (Å²) in [6, 6.07) is -0.711. The molecule has 0 bridgehead atoms. The molecule has 0 aromatic heterocycles. The van der Waals surface area contributed by atoms with Gasteiger partial charge in [0.1, 0.15) is 6.10 Å². The highest BCUT2D eigenvalue weighted by Gasteiger charge is 2.24. The van der Waals surface area contributed by atoms with E-state index >= 15 is 0 Å². The van der Waals surface area contributed by atoms with Gasteiger partial charge in [0.2, 0.25) is 5.91 Å². The second-order valence-corrected chi connectivity index (χ2v) is 20.8. The Morgan fingerprint density at radius 1 is 0.426 bits per heavy atom. The van der Waals surface area contributed by atoms with Crippen molar-refractivity contribution in [2.24, 2.45) is 0 Å². The molecular weight excluding hydrogens is 839 g/mol. The van der Waals surface area contributed by atoms with Crippen LogP contribution >= 0.6 is 0 Å². The van der Waals surface area contributed by atoms with Crippen molar-refractivity contribution in [3.05, 3.63) is 36.5 Å². The average Bonchev–Trinajstić information content (AvgIpc) is 3.33. The molecule has 6 heteroatoms. The summed E-state index contributed by atoms with van der Waals surface area (Å²) in [4.78, 5) is 26.3. The van der Waals surface area contributed by atoms with E-state index in [1.807, 2.05) is 0 Å². The minimum atomic E-state index is -0.796. The quantitative estimate of drug-likeness (QED) is 0.0244. The Hall–Kier alpha value is -1.92. The maximum atomic E-state index is 13.3. The second-order valence-electron chi connectivity index (χ2n) is 20.8. The number of aliphatic hydroxyl groups is 2. The van der Waals surface area contributed by atoms with Crippen LogP contribution in [0.2, 0.25) is 0 Å². The van der Waals surface area contributed by atoms with Crippen molar-refractivity contribution >= 4 is 11.9 Å². The first-order chi connectivity index (χ1) is 33.5. The number of unbranched alkanes of at least 4 members (excludes halogenated alkanes) is 38. The number of ether oxygens (including phenoxy) is 1. The summed E-state index contributed by atoms with van der Waals surface area (Å²) in [6.07, 6.45) is 67.9. The van der Waals surface area contributed by atoms with E-state index in [4.69, 9.17) is 4.74 Å². The Kier molecular flexibility index (Phi) is 54.4. The van der Waals surface area contributed by atoms with E-state index in [0.29, 0.717) is 19.3 Å². The van der Waals surface area contributed by atoms with E-state index in [-0.39, 0.29) is 24.9 Å². The third-order valence-electron chi connectivity index (χ3n) is 14.0. The fraction of sp³-hybridized carbons (Fsp3) is 0.871. The third-order valence-corrected chi connectivity index (χ3v) is 14.0. The fourth-order valence-corrected chi connectivity index (χ4v) is 9.36. The van der Waals surface area contributed by atoms with Gasteiger partial charge < -0.3 is 20.3 Å². The second kappa shape index (κ2) is 56.0. The third kappa shape index (κ3) is 50.5. The highest BCUT2D eigenvalue weighted by Crippen LogP contribution is 2.18. The van der Waals surface area contributed by atoms with Crippen molar-refractivity contribution in [3.63, 3.8) is 0 Å². The lowest BCUT2D eigenvalue weighted by atomic mass is 10.0. The zero-order chi connectivity index (χ0) is 49.5. The molecule has 0 aromatic rings. The molecule has 6 nitrogen and oxygen atoms in total. The molecule has 0 saturated carbocycles. The summed E-state index contributed by atoms with van der Waals surface area (Å²) in [5, 5.41) is 23.9. The fourth-order valence-electron chi connectivity index (χ4n) is 9.36. The number of carbonyl (C=O) groups excluding carboxylic acids is 2. The largest absolute Gasteiger partial charge is 0.462 e. The first-order valence-electron chi connectivity index (χ1n) is 30.2. The lowest BCUT2D eigenvalue weighted by Crippen LogP contribution is -2.46. The number of rotatable bonds is 55. The molecule has 3 N–H and O–H groups in total. The number of carbonyl (C=O) groups is 2. The first kappa shape index (κ1) is 66.1. The highest BCUT2D eigenvalue weighted by atomic mass is 16.5. The summed E-state index contributed by atoms with van der Waals surface area (Å²) in [5.74, 6) is -0.505. The van der Waals surface area contributed by atoms with Gasteiger partial charge in [-0.15, -0.1) is 0 Å². The number of allylic oxidation sites excluding steroid dienone is 6. The van der Waals surface area contributed by atoms with E-state index in [9.17, 15) is 19.8 Å². The van der Waals surface area contributed by atoms with Crippen molar-refractivity contribution in [2.75, 3.05) is 6.61 Å².